The lowest BCUT2D eigenvalue weighted by Crippen LogP contribution is -2.46. The highest BCUT2D eigenvalue weighted by Gasteiger charge is 2.21. The van der Waals surface area contributed by atoms with Gasteiger partial charge in [-0.05, 0) is 89.9 Å². The van der Waals surface area contributed by atoms with Crippen molar-refractivity contribution >= 4 is 0 Å². The van der Waals surface area contributed by atoms with E-state index in [0.29, 0.717) is 0 Å². The third-order valence-electron chi connectivity index (χ3n) is 15.2. The van der Waals surface area contributed by atoms with Crippen molar-refractivity contribution in [2.75, 3.05) is 81.1 Å². The molecular weight excluding hydrogens is 751 g/mol. The van der Waals surface area contributed by atoms with Gasteiger partial charge in [-0.1, -0.05) is 213 Å². The molecule has 0 rings (SSSR count). The van der Waals surface area contributed by atoms with Gasteiger partial charge in [0.05, 0.1) is 81.1 Å². The molecule has 0 amide bonds. The highest BCUT2D eigenvalue weighted by molar-refractivity contribution is 4.55. The van der Waals surface area contributed by atoms with Gasteiger partial charge in [0.25, 0.3) is 0 Å². The largest absolute Gasteiger partial charge is 0.328 e. The molecule has 0 unspecified atom stereocenters. The maximum absolute atomic E-state index is 2.64. The lowest BCUT2D eigenvalue weighted by molar-refractivity contribution is -0.910. The van der Waals surface area contributed by atoms with E-state index < -0.39 is 0 Å². The fourth-order valence-corrected chi connectivity index (χ4v) is 10.4. The third kappa shape index (κ3) is 46.4. The molecule has 0 spiro atoms. The molecular formula is C59H126N3+3. The molecule has 0 aromatic carbocycles. The third-order valence-corrected chi connectivity index (χ3v) is 15.2. The Kier molecular flexibility index (Phi) is 45.9. The first-order chi connectivity index (χ1) is 30.1. The van der Waals surface area contributed by atoms with Crippen molar-refractivity contribution in [1.82, 2.24) is 0 Å². The summed E-state index contributed by atoms with van der Waals surface area (Å²) in [7, 11) is 12.6. The Morgan fingerprint density at radius 3 is 0.452 bits per heavy atom. The van der Waals surface area contributed by atoms with Crippen molar-refractivity contribution in [2.24, 2.45) is 0 Å². The molecule has 3 heteroatoms. The zero-order valence-electron chi connectivity index (χ0n) is 45.4. The standard InChI is InChI=1S/C59H126N3/c1-9-12-15-18-21-24-27-30-33-36-39-46-53-60(4,5)55-48-42-44-51-58-62(8,57-50-41-38-35-32-29-26-23-20-17-14-11-3)59-52-45-43-49-56-61(6,7)54-47-40-37-34-31-28-25-22-19-16-13-10-2/h9-59H2,1-8H3/q+3. The number of hydrogen-bond acceptors (Lipinski definition) is 0. The van der Waals surface area contributed by atoms with Gasteiger partial charge in [-0.3, -0.25) is 0 Å². The van der Waals surface area contributed by atoms with Gasteiger partial charge in [-0.15, -0.1) is 0 Å². The monoisotopic (exact) mass is 877 g/mol. The van der Waals surface area contributed by atoms with Crippen LogP contribution in [0.15, 0.2) is 0 Å². The molecule has 0 N–H and O–H groups in total. The van der Waals surface area contributed by atoms with Crippen LogP contribution in [0.5, 0.6) is 0 Å². The normalized spacial score (nSPS) is 12.6. The van der Waals surface area contributed by atoms with E-state index in [4.69, 9.17) is 0 Å². The molecule has 3 nitrogen and oxygen atoms in total. The van der Waals surface area contributed by atoms with Crippen molar-refractivity contribution in [3.05, 3.63) is 0 Å². The Morgan fingerprint density at radius 2 is 0.290 bits per heavy atom. The molecule has 0 saturated heterocycles. The smallest absolute Gasteiger partial charge is 0.0784 e. The van der Waals surface area contributed by atoms with Crippen molar-refractivity contribution in [3.8, 4) is 0 Å². The Bertz CT molecular complexity index is 798. The summed E-state index contributed by atoms with van der Waals surface area (Å²) in [4.78, 5) is 0. The number of hydrogen-bond donors (Lipinski definition) is 0. The highest BCUT2D eigenvalue weighted by Crippen LogP contribution is 2.19. The van der Waals surface area contributed by atoms with Crippen LogP contribution in [-0.4, -0.2) is 94.5 Å². The van der Waals surface area contributed by atoms with E-state index in [1.54, 1.807) is 0 Å². The van der Waals surface area contributed by atoms with Gasteiger partial charge in [0.2, 0.25) is 0 Å². The van der Waals surface area contributed by atoms with Crippen LogP contribution >= 0.6 is 0 Å². The van der Waals surface area contributed by atoms with Crippen LogP contribution in [0.1, 0.15) is 303 Å². The summed E-state index contributed by atoms with van der Waals surface area (Å²) in [5, 5.41) is 0. The van der Waals surface area contributed by atoms with Crippen LogP contribution in [0.4, 0.5) is 0 Å². The van der Waals surface area contributed by atoms with Gasteiger partial charge in [0, 0.05) is 0 Å². The fourth-order valence-electron chi connectivity index (χ4n) is 10.4. The van der Waals surface area contributed by atoms with Crippen LogP contribution in [0.3, 0.4) is 0 Å². The van der Waals surface area contributed by atoms with Gasteiger partial charge >= 0.3 is 0 Å². The second kappa shape index (κ2) is 46.0. The lowest BCUT2D eigenvalue weighted by Gasteiger charge is -2.35. The van der Waals surface area contributed by atoms with Crippen molar-refractivity contribution < 1.29 is 13.4 Å². The summed E-state index contributed by atoms with van der Waals surface area (Å²) in [5.74, 6) is 0. The fraction of sp³-hybridized carbons (Fsp3) is 1.00. The van der Waals surface area contributed by atoms with Crippen molar-refractivity contribution in [3.63, 3.8) is 0 Å². The van der Waals surface area contributed by atoms with E-state index >= 15 is 0 Å². The minimum atomic E-state index is 1.24. The zero-order valence-corrected chi connectivity index (χ0v) is 45.4. The molecule has 0 saturated carbocycles. The molecule has 0 aromatic heterocycles. The molecule has 0 aliphatic rings. The molecule has 0 aliphatic carbocycles. The topological polar surface area (TPSA) is 0 Å². The first-order valence-electron chi connectivity index (χ1n) is 29.6. The van der Waals surface area contributed by atoms with Crippen LogP contribution in [0.2, 0.25) is 0 Å². The minimum Gasteiger partial charge on any atom is -0.328 e. The number of quaternary nitrogens is 3. The first kappa shape index (κ1) is 61.9. The van der Waals surface area contributed by atoms with Crippen molar-refractivity contribution in [1.29, 1.82) is 0 Å². The van der Waals surface area contributed by atoms with E-state index in [2.05, 4.69) is 56.0 Å². The number of nitrogens with zero attached hydrogens (tertiary/aromatic N) is 3. The van der Waals surface area contributed by atoms with Gasteiger partial charge in [-0.25, -0.2) is 0 Å². The van der Waals surface area contributed by atoms with Gasteiger partial charge in [0.15, 0.2) is 0 Å². The molecule has 0 fully saturated rings. The molecule has 0 heterocycles. The molecule has 62 heavy (non-hydrogen) atoms. The lowest BCUT2D eigenvalue weighted by atomic mass is 10.0. The molecule has 374 valence electrons. The van der Waals surface area contributed by atoms with Crippen LogP contribution < -0.4 is 0 Å². The van der Waals surface area contributed by atoms with Gasteiger partial charge in [-0.2, -0.15) is 0 Å². The van der Waals surface area contributed by atoms with E-state index in [9.17, 15) is 0 Å². The summed E-state index contributed by atoms with van der Waals surface area (Å²) in [6.07, 6.45) is 63.8. The SMILES string of the molecule is CCCCCCCCCCCCCC[N+](C)(C)CCCCCC[N+](C)(CCCCCCCCCCCCCC)CCCCCC[N+](C)(C)CCCCCCCCCCCCCC. The number of unbranched alkanes of at least 4 members (excludes halogenated alkanes) is 39. The Balaban J connectivity index is 4.37. The maximum Gasteiger partial charge on any atom is 0.0784 e. The number of rotatable bonds is 53. The summed E-state index contributed by atoms with van der Waals surface area (Å²) in [6, 6.07) is 0. The second-order valence-corrected chi connectivity index (χ2v) is 23.1. The van der Waals surface area contributed by atoms with Crippen LogP contribution in [0, 0.1) is 0 Å². The molecule has 0 bridgehead atoms. The Labute approximate surface area is 396 Å². The van der Waals surface area contributed by atoms with E-state index in [1.807, 2.05) is 0 Å². The summed E-state index contributed by atoms with van der Waals surface area (Å²) in [5.41, 5.74) is 0. The van der Waals surface area contributed by atoms with E-state index in [0.717, 1.165) is 0 Å². The second-order valence-electron chi connectivity index (χ2n) is 23.1. The molecule has 0 radical (unpaired) electrons. The summed E-state index contributed by atoms with van der Waals surface area (Å²) in [6.45, 7) is 16.7. The van der Waals surface area contributed by atoms with Crippen LogP contribution in [-0.2, 0) is 0 Å². The molecule has 0 aliphatic heterocycles. The summed E-state index contributed by atoms with van der Waals surface area (Å²) >= 11 is 0. The predicted octanol–water partition coefficient (Wildman–Crippen LogP) is 18.8. The summed E-state index contributed by atoms with van der Waals surface area (Å²) < 4.78 is 3.82. The van der Waals surface area contributed by atoms with E-state index in [-0.39, 0.29) is 0 Å². The highest BCUT2D eigenvalue weighted by atomic mass is 15.3. The maximum atomic E-state index is 2.64. The Morgan fingerprint density at radius 1 is 0.161 bits per heavy atom. The minimum absolute atomic E-state index is 1.24. The van der Waals surface area contributed by atoms with Gasteiger partial charge < -0.3 is 13.4 Å². The average Bonchev–Trinajstić information content (AvgIpc) is 3.24. The first-order valence-corrected chi connectivity index (χ1v) is 29.6. The Hall–Kier alpha value is -0.120. The quantitative estimate of drug-likeness (QED) is 0.0422. The average molecular weight is 878 g/mol. The molecule has 0 aromatic rings. The zero-order chi connectivity index (χ0) is 45.6. The van der Waals surface area contributed by atoms with E-state index in [1.165, 1.54) is 342 Å². The molecule has 0 atom stereocenters. The van der Waals surface area contributed by atoms with Crippen molar-refractivity contribution in [2.45, 2.75) is 303 Å². The predicted molar refractivity (Wildman–Crippen MR) is 285 cm³/mol. The van der Waals surface area contributed by atoms with Crippen LogP contribution in [0.25, 0.3) is 0 Å². The van der Waals surface area contributed by atoms with Gasteiger partial charge in [0.1, 0.15) is 0 Å².